The fraction of sp³-hybridized carbons (Fsp3) is 0.571. The zero-order valence-electron chi connectivity index (χ0n) is 11.3. The molecule has 2 atom stereocenters. The lowest BCUT2D eigenvalue weighted by Crippen LogP contribution is -2.42. The maximum atomic E-state index is 12.3. The molecule has 1 saturated heterocycles. The number of carbonyl (C=O) groups is 1. The Bertz CT molecular complexity index is 405. The van der Waals surface area contributed by atoms with Gasteiger partial charge in [0, 0.05) is 25.0 Å². The van der Waals surface area contributed by atoms with Crippen molar-refractivity contribution in [1.82, 2.24) is 15.2 Å². The third kappa shape index (κ3) is 2.70. The van der Waals surface area contributed by atoms with E-state index in [1.165, 1.54) is 0 Å². The molecule has 1 aromatic heterocycles. The Kier molecular flexibility index (Phi) is 3.97. The maximum Gasteiger partial charge on any atom is 0.240 e. The highest BCUT2D eigenvalue weighted by atomic mass is 16.2. The van der Waals surface area contributed by atoms with Crippen LogP contribution in [0.2, 0.25) is 0 Å². The van der Waals surface area contributed by atoms with E-state index in [1.807, 2.05) is 23.2 Å². The fourth-order valence-corrected chi connectivity index (χ4v) is 2.45. The van der Waals surface area contributed by atoms with Gasteiger partial charge in [0.05, 0.1) is 12.1 Å². The van der Waals surface area contributed by atoms with Crippen LogP contribution >= 0.6 is 0 Å². The Labute approximate surface area is 108 Å². The summed E-state index contributed by atoms with van der Waals surface area (Å²) in [4.78, 5) is 18.4. The molecule has 4 heteroatoms. The Morgan fingerprint density at radius 3 is 2.83 bits per heavy atom. The van der Waals surface area contributed by atoms with Gasteiger partial charge in [-0.3, -0.25) is 9.78 Å². The average Bonchev–Trinajstić information content (AvgIpc) is 2.71. The van der Waals surface area contributed by atoms with Crippen molar-refractivity contribution in [3.8, 4) is 0 Å². The maximum absolute atomic E-state index is 12.3. The van der Waals surface area contributed by atoms with E-state index in [-0.39, 0.29) is 18.0 Å². The minimum atomic E-state index is -0.0240. The van der Waals surface area contributed by atoms with Gasteiger partial charge < -0.3 is 10.2 Å². The topological polar surface area (TPSA) is 45.2 Å². The molecule has 1 N–H and O–H groups in total. The van der Waals surface area contributed by atoms with Gasteiger partial charge in [-0.1, -0.05) is 19.9 Å². The molecule has 98 valence electrons. The third-order valence-electron chi connectivity index (χ3n) is 3.41. The highest BCUT2D eigenvalue weighted by Crippen LogP contribution is 2.25. The van der Waals surface area contributed by atoms with Crippen LogP contribution in [-0.4, -0.2) is 34.4 Å². The summed E-state index contributed by atoms with van der Waals surface area (Å²) in [7, 11) is 0. The number of carbonyl (C=O) groups excluding carboxylic acids is 1. The van der Waals surface area contributed by atoms with Crippen molar-refractivity contribution >= 4 is 5.91 Å². The molecule has 2 heterocycles. The second-order valence-corrected chi connectivity index (χ2v) is 5.16. The van der Waals surface area contributed by atoms with E-state index in [1.54, 1.807) is 6.20 Å². The molecule has 0 aromatic carbocycles. The van der Waals surface area contributed by atoms with Gasteiger partial charge >= 0.3 is 0 Å². The van der Waals surface area contributed by atoms with Gasteiger partial charge in [-0.2, -0.15) is 0 Å². The Hall–Kier alpha value is -1.42. The molecule has 0 saturated carbocycles. The number of aromatic nitrogens is 1. The van der Waals surface area contributed by atoms with Crippen molar-refractivity contribution in [2.45, 2.75) is 45.3 Å². The predicted octanol–water partition coefficient (Wildman–Crippen LogP) is 1.74. The van der Waals surface area contributed by atoms with Gasteiger partial charge in [0.1, 0.15) is 0 Å². The first-order valence-corrected chi connectivity index (χ1v) is 6.56. The van der Waals surface area contributed by atoms with Crippen LogP contribution in [0.1, 0.15) is 38.8 Å². The number of pyridine rings is 1. The molecule has 0 aliphatic carbocycles. The second kappa shape index (κ2) is 5.48. The number of hydrogen-bond donors (Lipinski definition) is 1. The summed E-state index contributed by atoms with van der Waals surface area (Å²) in [6, 6.07) is 4.35. The van der Waals surface area contributed by atoms with E-state index in [4.69, 9.17) is 0 Å². The molecule has 0 radical (unpaired) electrons. The monoisotopic (exact) mass is 247 g/mol. The van der Waals surface area contributed by atoms with Crippen molar-refractivity contribution in [1.29, 1.82) is 0 Å². The molecule has 4 nitrogen and oxygen atoms in total. The Morgan fingerprint density at radius 1 is 1.44 bits per heavy atom. The largest absolute Gasteiger partial charge is 0.334 e. The summed E-state index contributed by atoms with van der Waals surface area (Å²) in [5.74, 6) is 0.208. The lowest BCUT2D eigenvalue weighted by molar-refractivity contribution is -0.131. The summed E-state index contributed by atoms with van der Waals surface area (Å²) < 4.78 is 0. The standard InChI is InChI=1S/C14H21N3O/c1-10(2)16-13-6-8-17(14(13)18)11(3)12-5-4-7-15-9-12/h4-5,7,9-11,13,16H,6,8H2,1-3H3. The summed E-state index contributed by atoms with van der Waals surface area (Å²) in [5, 5.41) is 3.32. The number of nitrogens with zero attached hydrogens (tertiary/aromatic N) is 2. The average molecular weight is 247 g/mol. The molecule has 1 fully saturated rings. The van der Waals surface area contributed by atoms with Crippen LogP contribution in [0.3, 0.4) is 0 Å². The highest BCUT2D eigenvalue weighted by molar-refractivity contribution is 5.84. The molecule has 1 aromatic rings. The fourth-order valence-electron chi connectivity index (χ4n) is 2.45. The highest BCUT2D eigenvalue weighted by Gasteiger charge is 2.34. The second-order valence-electron chi connectivity index (χ2n) is 5.16. The third-order valence-corrected chi connectivity index (χ3v) is 3.41. The predicted molar refractivity (Wildman–Crippen MR) is 71.0 cm³/mol. The van der Waals surface area contributed by atoms with Gasteiger partial charge in [0.15, 0.2) is 0 Å². The van der Waals surface area contributed by atoms with E-state index in [9.17, 15) is 4.79 Å². The van der Waals surface area contributed by atoms with Gasteiger partial charge in [-0.15, -0.1) is 0 Å². The summed E-state index contributed by atoms with van der Waals surface area (Å²) >= 11 is 0. The minimum absolute atomic E-state index is 0.0240. The van der Waals surface area contributed by atoms with Gasteiger partial charge in [-0.25, -0.2) is 0 Å². The van der Waals surface area contributed by atoms with Crippen molar-refractivity contribution in [3.05, 3.63) is 30.1 Å². The van der Waals surface area contributed by atoms with Crippen molar-refractivity contribution in [3.63, 3.8) is 0 Å². The molecular formula is C14H21N3O. The number of amides is 1. The Morgan fingerprint density at radius 2 is 2.22 bits per heavy atom. The molecule has 1 aliphatic rings. The first-order valence-electron chi connectivity index (χ1n) is 6.56. The summed E-state index contributed by atoms with van der Waals surface area (Å²) in [6.07, 6.45) is 4.48. The van der Waals surface area contributed by atoms with Crippen molar-refractivity contribution in [2.24, 2.45) is 0 Å². The Balaban J connectivity index is 2.05. The molecule has 2 unspecified atom stereocenters. The smallest absolute Gasteiger partial charge is 0.240 e. The van der Waals surface area contributed by atoms with E-state index in [0.29, 0.717) is 6.04 Å². The van der Waals surface area contributed by atoms with E-state index in [2.05, 4.69) is 31.1 Å². The lowest BCUT2D eigenvalue weighted by atomic mass is 10.1. The molecule has 0 spiro atoms. The van der Waals surface area contributed by atoms with Crippen LogP contribution < -0.4 is 5.32 Å². The number of likely N-dealkylation sites (tertiary alicyclic amines) is 1. The number of rotatable bonds is 4. The lowest BCUT2D eigenvalue weighted by Gasteiger charge is -2.25. The SMILES string of the molecule is CC(C)NC1CCN(C(C)c2cccnc2)C1=O. The minimum Gasteiger partial charge on any atom is -0.334 e. The van der Waals surface area contributed by atoms with Gasteiger partial charge in [0.25, 0.3) is 0 Å². The summed E-state index contributed by atoms with van der Waals surface area (Å²) in [6.45, 7) is 7.02. The van der Waals surface area contributed by atoms with Crippen molar-refractivity contribution < 1.29 is 4.79 Å². The van der Waals surface area contributed by atoms with Gasteiger partial charge in [0.2, 0.25) is 5.91 Å². The normalized spacial score (nSPS) is 21.7. The first-order chi connectivity index (χ1) is 8.59. The molecule has 1 amide bonds. The molecule has 0 bridgehead atoms. The van der Waals surface area contributed by atoms with E-state index in [0.717, 1.165) is 18.5 Å². The molecular weight excluding hydrogens is 226 g/mol. The molecule has 2 rings (SSSR count). The van der Waals surface area contributed by atoms with Crippen LogP contribution in [0.25, 0.3) is 0 Å². The van der Waals surface area contributed by atoms with E-state index >= 15 is 0 Å². The van der Waals surface area contributed by atoms with Crippen LogP contribution in [0.5, 0.6) is 0 Å². The van der Waals surface area contributed by atoms with Crippen LogP contribution in [-0.2, 0) is 4.79 Å². The van der Waals surface area contributed by atoms with Crippen LogP contribution in [0, 0.1) is 0 Å². The summed E-state index contributed by atoms with van der Waals surface area (Å²) in [5.41, 5.74) is 1.09. The number of nitrogens with one attached hydrogen (secondary N) is 1. The van der Waals surface area contributed by atoms with Crippen LogP contribution in [0.4, 0.5) is 0 Å². The zero-order chi connectivity index (χ0) is 13.1. The first kappa shape index (κ1) is 13.0. The molecule has 1 aliphatic heterocycles. The number of hydrogen-bond acceptors (Lipinski definition) is 3. The van der Waals surface area contributed by atoms with Gasteiger partial charge in [-0.05, 0) is 25.0 Å². The van der Waals surface area contributed by atoms with E-state index < -0.39 is 0 Å². The van der Waals surface area contributed by atoms with Crippen LogP contribution in [0.15, 0.2) is 24.5 Å². The quantitative estimate of drug-likeness (QED) is 0.881. The molecule has 18 heavy (non-hydrogen) atoms. The van der Waals surface area contributed by atoms with Crippen molar-refractivity contribution in [2.75, 3.05) is 6.54 Å². The zero-order valence-corrected chi connectivity index (χ0v) is 11.3.